The second-order valence-corrected chi connectivity index (χ2v) is 15.4. The molecule has 0 aromatic heterocycles. The summed E-state index contributed by atoms with van der Waals surface area (Å²) in [6.45, 7) is 11.3. The van der Waals surface area contributed by atoms with Crippen LogP contribution in [0.3, 0.4) is 0 Å². The molecular formula is C34H50FNO3. The van der Waals surface area contributed by atoms with E-state index in [1.54, 1.807) is 12.1 Å². The number of anilines is 1. The van der Waals surface area contributed by atoms with E-state index in [9.17, 15) is 19.4 Å². The number of rotatable bonds is 4. The second-order valence-electron chi connectivity index (χ2n) is 15.4. The van der Waals surface area contributed by atoms with E-state index in [4.69, 9.17) is 0 Å². The van der Waals surface area contributed by atoms with Gasteiger partial charge in [0.1, 0.15) is 5.82 Å². The van der Waals surface area contributed by atoms with Gasteiger partial charge < -0.3 is 15.1 Å². The highest BCUT2D eigenvalue weighted by atomic mass is 19.1. The van der Waals surface area contributed by atoms with Crippen molar-refractivity contribution in [3.8, 4) is 0 Å². The molecule has 2 N–H and O–H groups in total. The predicted molar refractivity (Wildman–Crippen MR) is 153 cm³/mol. The maximum atomic E-state index is 13.9. The van der Waals surface area contributed by atoms with Crippen molar-refractivity contribution in [2.75, 3.05) is 4.90 Å². The third-order valence-electron chi connectivity index (χ3n) is 13.1. The number of benzene rings is 1. The Labute approximate surface area is 234 Å². The number of hydrogen-bond donors (Lipinski definition) is 2. The van der Waals surface area contributed by atoms with E-state index in [2.05, 4.69) is 34.6 Å². The van der Waals surface area contributed by atoms with Crippen LogP contribution in [0.5, 0.6) is 0 Å². The summed E-state index contributed by atoms with van der Waals surface area (Å²) in [7, 11) is 0. The van der Waals surface area contributed by atoms with Gasteiger partial charge in [0.15, 0.2) is 0 Å². The zero-order chi connectivity index (χ0) is 27.9. The molecule has 4 fully saturated rings. The molecule has 0 radical (unpaired) electrons. The van der Waals surface area contributed by atoms with Crippen LogP contribution in [-0.2, 0) is 11.2 Å². The number of carbonyl (C=O) groups is 1. The highest BCUT2D eigenvalue weighted by molar-refractivity contribution is 5.97. The van der Waals surface area contributed by atoms with Crippen LogP contribution in [0.1, 0.15) is 104 Å². The van der Waals surface area contributed by atoms with Gasteiger partial charge in [-0.3, -0.25) is 4.79 Å². The van der Waals surface area contributed by atoms with Crippen molar-refractivity contribution in [1.29, 1.82) is 0 Å². The molecule has 4 nitrogen and oxygen atoms in total. The molecule has 0 spiro atoms. The highest BCUT2D eigenvalue weighted by Crippen LogP contribution is 2.68. The van der Waals surface area contributed by atoms with Gasteiger partial charge in [-0.25, -0.2) is 4.39 Å². The van der Waals surface area contributed by atoms with Crippen LogP contribution in [-0.4, -0.2) is 33.9 Å². The first kappa shape index (κ1) is 27.7. The second kappa shape index (κ2) is 9.54. The van der Waals surface area contributed by atoms with E-state index >= 15 is 0 Å². The molecule has 1 amide bonds. The Morgan fingerprint density at radius 3 is 2.59 bits per heavy atom. The van der Waals surface area contributed by atoms with Crippen LogP contribution in [0, 0.1) is 52.2 Å². The number of halogens is 1. The fourth-order valence-electron chi connectivity index (χ4n) is 11.1. The van der Waals surface area contributed by atoms with Gasteiger partial charge in [-0.2, -0.15) is 0 Å². The Morgan fingerprint density at radius 2 is 1.82 bits per heavy atom. The summed E-state index contributed by atoms with van der Waals surface area (Å²) < 4.78 is 13.9. The van der Waals surface area contributed by atoms with Gasteiger partial charge >= 0.3 is 0 Å². The summed E-state index contributed by atoms with van der Waals surface area (Å²) in [6, 6.07) is 4.80. The van der Waals surface area contributed by atoms with Crippen LogP contribution in [0.2, 0.25) is 0 Å². The molecule has 5 heteroatoms. The minimum atomic E-state index is -0.348. The standard InChI is InChI=1S/C34H50FNO3/c1-20(6-13-31(39)36-29-12-8-23(35)16-21(29)19-32(36,2)3)26-10-11-27-25-9-7-22-17-24(37)14-15-33(22,4)28(25)18-30(38)34(26,27)5/h8,12,16,20,22,24-28,30,37-38H,6-7,9-11,13-15,17-19H2,1-5H3/t20-,22-,24-,25+,26-,27+,28+,30+,33+,34-/m1/s1. The van der Waals surface area contributed by atoms with E-state index in [1.165, 1.54) is 25.3 Å². The summed E-state index contributed by atoms with van der Waals surface area (Å²) >= 11 is 0. The third-order valence-corrected chi connectivity index (χ3v) is 13.1. The van der Waals surface area contributed by atoms with Gasteiger partial charge in [-0.1, -0.05) is 20.8 Å². The molecule has 216 valence electrons. The molecule has 4 saturated carbocycles. The summed E-state index contributed by atoms with van der Waals surface area (Å²) in [6.07, 6.45) is 10.2. The molecule has 4 aliphatic carbocycles. The molecule has 0 bridgehead atoms. The highest BCUT2D eigenvalue weighted by Gasteiger charge is 2.63. The van der Waals surface area contributed by atoms with Gasteiger partial charge in [0.05, 0.1) is 12.2 Å². The van der Waals surface area contributed by atoms with Gasteiger partial charge in [0, 0.05) is 17.6 Å². The van der Waals surface area contributed by atoms with Crippen molar-refractivity contribution in [2.45, 2.75) is 123 Å². The Morgan fingerprint density at radius 1 is 1.05 bits per heavy atom. The Balaban J connectivity index is 1.15. The van der Waals surface area contributed by atoms with Crippen LogP contribution in [0.15, 0.2) is 18.2 Å². The maximum Gasteiger partial charge on any atom is 0.227 e. The number of aliphatic hydroxyl groups is 2. The van der Waals surface area contributed by atoms with Crippen molar-refractivity contribution in [3.63, 3.8) is 0 Å². The first-order chi connectivity index (χ1) is 18.4. The summed E-state index contributed by atoms with van der Waals surface area (Å²) in [5.74, 6) is 3.07. The van der Waals surface area contributed by atoms with Crippen LogP contribution in [0.4, 0.5) is 10.1 Å². The fraction of sp³-hybridized carbons (Fsp3) is 0.794. The van der Waals surface area contributed by atoms with E-state index in [0.29, 0.717) is 48.3 Å². The van der Waals surface area contributed by atoms with Gasteiger partial charge in [0.25, 0.3) is 0 Å². The molecule has 1 aliphatic heterocycles. The normalized spacial score (nSPS) is 43.3. The lowest BCUT2D eigenvalue weighted by molar-refractivity contribution is -0.174. The van der Waals surface area contributed by atoms with Crippen molar-refractivity contribution >= 4 is 11.6 Å². The minimum Gasteiger partial charge on any atom is -0.393 e. The number of fused-ring (bicyclic) bond motifs is 6. The summed E-state index contributed by atoms with van der Waals surface area (Å²) in [4.78, 5) is 15.5. The average Bonchev–Trinajstić information content (AvgIpc) is 3.36. The lowest BCUT2D eigenvalue weighted by Gasteiger charge is -2.62. The van der Waals surface area contributed by atoms with Crippen LogP contribution < -0.4 is 4.90 Å². The molecular weight excluding hydrogens is 489 g/mol. The van der Waals surface area contributed by atoms with Crippen molar-refractivity contribution in [1.82, 2.24) is 0 Å². The largest absolute Gasteiger partial charge is 0.393 e. The number of hydrogen-bond acceptors (Lipinski definition) is 3. The number of amides is 1. The van der Waals surface area contributed by atoms with Crippen molar-refractivity contribution < 1.29 is 19.4 Å². The zero-order valence-corrected chi connectivity index (χ0v) is 24.8. The molecule has 1 aromatic rings. The van der Waals surface area contributed by atoms with E-state index in [1.807, 2.05) is 4.90 Å². The predicted octanol–water partition coefficient (Wildman–Crippen LogP) is 6.90. The quantitative estimate of drug-likeness (QED) is 0.438. The Hall–Kier alpha value is -1.46. The maximum absolute atomic E-state index is 13.9. The molecule has 39 heavy (non-hydrogen) atoms. The van der Waals surface area contributed by atoms with Crippen molar-refractivity contribution in [3.05, 3.63) is 29.6 Å². The number of nitrogens with zero attached hydrogens (tertiary/aromatic N) is 1. The van der Waals surface area contributed by atoms with Crippen LogP contribution >= 0.6 is 0 Å². The van der Waals surface area contributed by atoms with Crippen molar-refractivity contribution in [2.24, 2.45) is 46.3 Å². The molecule has 5 aliphatic rings. The van der Waals surface area contributed by atoms with E-state index in [-0.39, 0.29) is 40.3 Å². The average molecular weight is 540 g/mol. The third kappa shape index (κ3) is 4.23. The Bertz CT molecular complexity index is 1120. The number of aliphatic hydroxyl groups excluding tert-OH is 2. The summed E-state index contributed by atoms with van der Waals surface area (Å²) in [5.41, 5.74) is 1.60. The lowest BCUT2D eigenvalue weighted by Crippen LogP contribution is -2.58. The molecule has 1 heterocycles. The SMILES string of the molecule is C[C@H](CCC(=O)N1c2ccc(F)cc2CC1(C)C)[C@H]1CC[C@H]2[C@@H]3CC[C@@H]4C[C@H](O)CC[C@]4(C)[C@H]3C[C@H](O)[C@]12C. The smallest absolute Gasteiger partial charge is 0.227 e. The molecule has 6 rings (SSSR count). The molecule has 0 unspecified atom stereocenters. The van der Waals surface area contributed by atoms with Gasteiger partial charge in [-0.05, 0) is 148 Å². The zero-order valence-electron chi connectivity index (χ0n) is 24.8. The first-order valence-electron chi connectivity index (χ1n) is 15.8. The topological polar surface area (TPSA) is 60.8 Å². The van der Waals surface area contributed by atoms with Gasteiger partial charge in [-0.15, -0.1) is 0 Å². The molecule has 0 saturated heterocycles. The minimum absolute atomic E-state index is 0.0853. The fourth-order valence-corrected chi connectivity index (χ4v) is 11.1. The van der Waals surface area contributed by atoms with Gasteiger partial charge in [0.2, 0.25) is 5.91 Å². The van der Waals surface area contributed by atoms with E-state index < -0.39 is 0 Å². The monoisotopic (exact) mass is 539 g/mol. The Kier molecular flexibility index (Phi) is 6.78. The molecule has 10 atom stereocenters. The van der Waals surface area contributed by atoms with E-state index in [0.717, 1.165) is 49.8 Å². The molecule has 1 aromatic carbocycles. The van der Waals surface area contributed by atoms with Crippen LogP contribution in [0.25, 0.3) is 0 Å². The number of carbonyl (C=O) groups excluding carboxylic acids is 1. The summed E-state index contributed by atoms with van der Waals surface area (Å²) in [5, 5.41) is 22.2. The first-order valence-corrected chi connectivity index (χ1v) is 15.8. The lowest BCUT2D eigenvalue weighted by atomic mass is 9.43.